The maximum absolute atomic E-state index is 11.4. The lowest BCUT2D eigenvalue weighted by atomic mass is 10.2. The van der Waals surface area contributed by atoms with E-state index < -0.39 is 0 Å². The number of nitrogens with zero attached hydrogens (tertiary/aromatic N) is 2. The number of aromatic nitrogens is 1. The molecular weight excluding hydrogens is 192 g/mol. The molecule has 4 nitrogen and oxygen atoms in total. The predicted molar refractivity (Wildman–Crippen MR) is 57.1 cm³/mol. The average Bonchev–Trinajstić information content (AvgIpc) is 2.65. The third-order valence-electron chi connectivity index (χ3n) is 2.63. The number of hydrogen-bond acceptors (Lipinski definition) is 4. The number of hydrogen-bond donors (Lipinski definition) is 1. The van der Waals surface area contributed by atoms with E-state index in [2.05, 4.69) is 4.98 Å². The summed E-state index contributed by atoms with van der Waals surface area (Å²) >= 11 is 0. The Morgan fingerprint density at radius 1 is 1.67 bits per heavy atom. The molecule has 1 N–H and O–H groups in total. The molecule has 0 spiro atoms. The molecule has 4 heteroatoms. The van der Waals surface area contributed by atoms with Crippen molar-refractivity contribution in [3.05, 3.63) is 23.9 Å². The van der Waals surface area contributed by atoms with E-state index in [9.17, 15) is 9.90 Å². The van der Waals surface area contributed by atoms with Gasteiger partial charge in [-0.25, -0.2) is 4.98 Å². The first-order valence-electron chi connectivity index (χ1n) is 5.07. The third kappa shape index (κ3) is 1.99. The molecule has 0 bridgehead atoms. The molecule has 0 saturated carbocycles. The van der Waals surface area contributed by atoms with Crippen molar-refractivity contribution in [3.63, 3.8) is 0 Å². The molecule has 1 atom stereocenters. The number of Topliss-reactive ketones (excluding diaryl/α,β-unsaturated/α-hetero) is 1. The highest BCUT2D eigenvalue weighted by atomic mass is 16.3. The molecule has 2 heterocycles. The van der Waals surface area contributed by atoms with Crippen molar-refractivity contribution < 1.29 is 9.90 Å². The van der Waals surface area contributed by atoms with Gasteiger partial charge in [0.05, 0.1) is 11.7 Å². The van der Waals surface area contributed by atoms with E-state index in [-0.39, 0.29) is 11.9 Å². The lowest BCUT2D eigenvalue weighted by Gasteiger charge is -2.18. The smallest absolute Gasteiger partial charge is 0.163 e. The van der Waals surface area contributed by atoms with E-state index in [0.29, 0.717) is 17.9 Å². The van der Waals surface area contributed by atoms with Gasteiger partial charge in [0.25, 0.3) is 0 Å². The molecule has 1 aliphatic heterocycles. The van der Waals surface area contributed by atoms with Gasteiger partial charge in [-0.15, -0.1) is 0 Å². The molecule has 2 rings (SSSR count). The van der Waals surface area contributed by atoms with Gasteiger partial charge < -0.3 is 10.0 Å². The van der Waals surface area contributed by atoms with E-state index in [4.69, 9.17) is 0 Å². The molecule has 0 aliphatic carbocycles. The van der Waals surface area contributed by atoms with Gasteiger partial charge in [0, 0.05) is 19.3 Å². The van der Waals surface area contributed by atoms with Crippen molar-refractivity contribution in [3.8, 4) is 0 Å². The Kier molecular flexibility index (Phi) is 2.68. The number of carbonyl (C=O) groups excluding carboxylic acids is 1. The number of rotatable bonds is 2. The third-order valence-corrected chi connectivity index (χ3v) is 2.63. The van der Waals surface area contributed by atoms with Gasteiger partial charge in [-0.2, -0.15) is 0 Å². The van der Waals surface area contributed by atoms with Crippen LogP contribution in [0.5, 0.6) is 0 Å². The first-order valence-corrected chi connectivity index (χ1v) is 5.07. The summed E-state index contributed by atoms with van der Waals surface area (Å²) < 4.78 is 0. The van der Waals surface area contributed by atoms with E-state index in [1.165, 1.54) is 6.92 Å². The lowest BCUT2D eigenvalue weighted by molar-refractivity contribution is 0.101. The van der Waals surface area contributed by atoms with Crippen LogP contribution in [0.25, 0.3) is 0 Å². The van der Waals surface area contributed by atoms with Crippen LogP contribution < -0.4 is 4.90 Å². The first kappa shape index (κ1) is 10.1. The quantitative estimate of drug-likeness (QED) is 0.729. The van der Waals surface area contributed by atoms with Gasteiger partial charge in [-0.3, -0.25) is 4.79 Å². The first-order chi connectivity index (χ1) is 7.18. The molecule has 0 amide bonds. The van der Waals surface area contributed by atoms with Crippen LogP contribution in [0.4, 0.5) is 5.82 Å². The van der Waals surface area contributed by atoms with Crippen molar-refractivity contribution >= 4 is 11.6 Å². The molecule has 1 aromatic rings. The summed E-state index contributed by atoms with van der Waals surface area (Å²) in [5.41, 5.74) is 0.631. The average molecular weight is 206 g/mol. The van der Waals surface area contributed by atoms with Crippen LogP contribution >= 0.6 is 0 Å². The zero-order valence-electron chi connectivity index (χ0n) is 8.68. The van der Waals surface area contributed by atoms with Crippen LogP contribution in [0.2, 0.25) is 0 Å². The summed E-state index contributed by atoms with van der Waals surface area (Å²) in [6.45, 7) is 2.86. The monoisotopic (exact) mass is 206 g/mol. The summed E-state index contributed by atoms with van der Waals surface area (Å²) in [6, 6.07) is 3.53. The lowest BCUT2D eigenvalue weighted by Crippen LogP contribution is -2.24. The Morgan fingerprint density at radius 3 is 3.07 bits per heavy atom. The fourth-order valence-electron chi connectivity index (χ4n) is 1.86. The van der Waals surface area contributed by atoms with Crippen molar-refractivity contribution in [1.82, 2.24) is 4.98 Å². The fourth-order valence-corrected chi connectivity index (χ4v) is 1.86. The summed E-state index contributed by atoms with van der Waals surface area (Å²) in [5.74, 6) is 0.709. The second kappa shape index (κ2) is 3.98. The van der Waals surface area contributed by atoms with Crippen LogP contribution in [0.3, 0.4) is 0 Å². The van der Waals surface area contributed by atoms with Gasteiger partial charge in [-0.1, -0.05) is 0 Å². The van der Waals surface area contributed by atoms with Crippen molar-refractivity contribution in [2.45, 2.75) is 19.4 Å². The summed E-state index contributed by atoms with van der Waals surface area (Å²) in [4.78, 5) is 17.5. The predicted octanol–water partition coefficient (Wildman–Crippen LogP) is 0.855. The topological polar surface area (TPSA) is 53.4 Å². The molecule has 15 heavy (non-hydrogen) atoms. The Morgan fingerprint density at radius 2 is 2.47 bits per heavy atom. The maximum Gasteiger partial charge on any atom is 0.163 e. The zero-order chi connectivity index (χ0) is 10.8. The molecule has 80 valence electrons. The summed E-state index contributed by atoms with van der Waals surface area (Å²) in [7, 11) is 0. The molecule has 1 unspecified atom stereocenters. The number of anilines is 1. The number of aliphatic hydroxyl groups excluding tert-OH is 1. The second-order valence-electron chi connectivity index (χ2n) is 3.82. The number of carbonyl (C=O) groups is 1. The van der Waals surface area contributed by atoms with Crippen LogP contribution in [0.15, 0.2) is 18.3 Å². The van der Waals surface area contributed by atoms with Crippen molar-refractivity contribution in [2.75, 3.05) is 18.0 Å². The highest BCUT2D eigenvalue weighted by Crippen LogP contribution is 2.22. The fraction of sp³-hybridized carbons (Fsp3) is 0.455. The molecule has 0 aromatic carbocycles. The Labute approximate surface area is 88.6 Å². The van der Waals surface area contributed by atoms with Gasteiger partial charge in [0.15, 0.2) is 5.78 Å². The number of ketones is 1. The van der Waals surface area contributed by atoms with Crippen LogP contribution in [0, 0.1) is 0 Å². The van der Waals surface area contributed by atoms with Crippen LogP contribution in [-0.4, -0.2) is 35.1 Å². The number of aliphatic hydroxyl groups is 1. The minimum atomic E-state index is -0.299. The van der Waals surface area contributed by atoms with Gasteiger partial charge in [0.1, 0.15) is 5.82 Å². The molecule has 1 saturated heterocycles. The Balaban J connectivity index is 2.31. The number of β-amino-alcohol motifs (C(OH)–C–C–N with tert-alkyl or cyclic N) is 1. The molecule has 1 aromatic heterocycles. The largest absolute Gasteiger partial charge is 0.391 e. The molecule has 0 radical (unpaired) electrons. The number of pyridine rings is 1. The normalized spacial score (nSPS) is 20.7. The molecule has 1 aliphatic rings. The SMILES string of the molecule is CC(=O)c1cccnc1N1CCC(O)C1. The summed E-state index contributed by atoms with van der Waals surface area (Å²) in [6.07, 6.45) is 2.12. The Bertz CT molecular complexity index is 379. The highest BCUT2D eigenvalue weighted by molar-refractivity contribution is 5.98. The van der Waals surface area contributed by atoms with E-state index in [1.54, 1.807) is 18.3 Å². The van der Waals surface area contributed by atoms with Gasteiger partial charge in [-0.05, 0) is 25.5 Å². The standard InChI is InChI=1S/C11H14N2O2/c1-8(14)10-3-2-5-12-11(10)13-6-4-9(15)7-13/h2-3,5,9,15H,4,6-7H2,1H3. The molecule has 1 fully saturated rings. The maximum atomic E-state index is 11.4. The van der Waals surface area contributed by atoms with Crippen molar-refractivity contribution in [2.24, 2.45) is 0 Å². The van der Waals surface area contributed by atoms with Crippen LogP contribution in [-0.2, 0) is 0 Å². The van der Waals surface area contributed by atoms with Gasteiger partial charge >= 0.3 is 0 Å². The van der Waals surface area contributed by atoms with E-state index in [0.717, 1.165) is 13.0 Å². The summed E-state index contributed by atoms with van der Waals surface area (Å²) in [5, 5.41) is 9.44. The Hall–Kier alpha value is -1.42. The van der Waals surface area contributed by atoms with Crippen LogP contribution in [0.1, 0.15) is 23.7 Å². The molecular formula is C11H14N2O2. The zero-order valence-corrected chi connectivity index (χ0v) is 8.68. The minimum absolute atomic E-state index is 0.0134. The highest BCUT2D eigenvalue weighted by Gasteiger charge is 2.23. The second-order valence-corrected chi connectivity index (χ2v) is 3.82. The van der Waals surface area contributed by atoms with E-state index in [1.807, 2.05) is 4.90 Å². The minimum Gasteiger partial charge on any atom is -0.391 e. The van der Waals surface area contributed by atoms with Crippen molar-refractivity contribution in [1.29, 1.82) is 0 Å². The van der Waals surface area contributed by atoms with E-state index >= 15 is 0 Å². The van der Waals surface area contributed by atoms with Gasteiger partial charge in [0.2, 0.25) is 0 Å².